The molecule has 0 fully saturated rings. The van der Waals surface area contributed by atoms with E-state index in [2.05, 4.69) is 10.5 Å². The molecule has 27 heavy (non-hydrogen) atoms. The minimum Gasteiger partial charge on any atom is -0.490 e. The Morgan fingerprint density at radius 3 is 2.70 bits per heavy atom. The van der Waals surface area contributed by atoms with Crippen LogP contribution in [-0.4, -0.2) is 41.8 Å². The first-order valence-electron chi connectivity index (χ1n) is 7.69. The molecular weight excluding hydrogens is 362 g/mol. The lowest BCUT2D eigenvalue weighted by atomic mass is 10.3. The topological polar surface area (TPSA) is 143 Å². The second-order valence-corrected chi connectivity index (χ2v) is 5.33. The Morgan fingerprint density at radius 2 is 2.11 bits per heavy atom. The van der Waals surface area contributed by atoms with E-state index in [0.717, 1.165) is 0 Å². The van der Waals surface area contributed by atoms with Crippen molar-refractivity contribution in [3.8, 4) is 11.5 Å². The van der Waals surface area contributed by atoms with Gasteiger partial charge in [-0.2, -0.15) is 0 Å². The minimum atomic E-state index is -1.10. The number of nitrogens with one attached hydrogen (secondary N) is 1. The molecule has 0 bridgehead atoms. The fraction of sp³-hybridized carbons (Fsp3) is 0.312. The number of ether oxygens (including phenoxy) is 3. The number of hydrogen-bond acceptors (Lipinski definition) is 9. The van der Waals surface area contributed by atoms with Crippen LogP contribution in [0.15, 0.2) is 28.8 Å². The maximum atomic E-state index is 11.9. The van der Waals surface area contributed by atoms with E-state index in [4.69, 9.17) is 18.7 Å². The average Bonchev–Trinajstić information content (AvgIpc) is 3.04. The van der Waals surface area contributed by atoms with E-state index in [9.17, 15) is 19.7 Å². The van der Waals surface area contributed by atoms with Gasteiger partial charge in [-0.15, -0.1) is 0 Å². The summed E-state index contributed by atoms with van der Waals surface area (Å²) in [5.41, 5.74) is 0.349. The molecule has 1 N–H and O–H groups in total. The van der Waals surface area contributed by atoms with Crippen LogP contribution in [0.3, 0.4) is 0 Å². The molecule has 11 nitrogen and oxygen atoms in total. The van der Waals surface area contributed by atoms with Gasteiger partial charge in [-0.1, -0.05) is 5.16 Å². The van der Waals surface area contributed by atoms with Crippen molar-refractivity contribution in [3.63, 3.8) is 0 Å². The summed E-state index contributed by atoms with van der Waals surface area (Å²) in [5, 5.41) is 16.9. The maximum Gasteiger partial charge on any atom is 0.344 e. The molecule has 0 saturated heterocycles. The summed E-state index contributed by atoms with van der Waals surface area (Å²) in [6.45, 7) is 2.57. The fourth-order valence-electron chi connectivity index (χ4n) is 1.97. The molecule has 144 valence electrons. The van der Waals surface area contributed by atoms with Crippen LogP contribution in [0.2, 0.25) is 0 Å². The third-order valence-electron chi connectivity index (χ3n) is 3.26. The molecule has 0 aliphatic heterocycles. The Morgan fingerprint density at radius 1 is 1.37 bits per heavy atom. The number of hydrogen-bond donors (Lipinski definition) is 1. The second-order valence-electron chi connectivity index (χ2n) is 5.33. The van der Waals surface area contributed by atoms with E-state index in [1.807, 2.05) is 0 Å². The summed E-state index contributed by atoms with van der Waals surface area (Å²) >= 11 is 0. The number of esters is 1. The van der Waals surface area contributed by atoms with Crippen LogP contribution >= 0.6 is 0 Å². The van der Waals surface area contributed by atoms with Crippen molar-refractivity contribution in [2.24, 2.45) is 0 Å². The summed E-state index contributed by atoms with van der Waals surface area (Å²) in [6, 6.07) is 5.29. The van der Waals surface area contributed by atoms with Crippen molar-refractivity contribution in [2.75, 3.05) is 19.0 Å². The number of benzene rings is 1. The molecule has 0 saturated carbocycles. The summed E-state index contributed by atoms with van der Waals surface area (Å²) in [4.78, 5) is 34.0. The van der Waals surface area contributed by atoms with Gasteiger partial charge in [0.1, 0.15) is 5.75 Å². The van der Waals surface area contributed by atoms with Gasteiger partial charge in [-0.3, -0.25) is 20.2 Å². The van der Waals surface area contributed by atoms with Crippen molar-refractivity contribution in [1.29, 1.82) is 0 Å². The monoisotopic (exact) mass is 379 g/mol. The van der Waals surface area contributed by atoms with Gasteiger partial charge < -0.3 is 18.7 Å². The van der Waals surface area contributed by atoms with E-state index in [0.29, 0.717) is 5.69 Å². The maximum absolute atomic E-state index is 11.9. The summed E-state index contributed by atoms with van der Waals surface area (Å²) in [6.07, 6.45) is -1.10. The predicted molar refractivity (Wildman–Crippen MR) is 90.6 cm³/mol. The SMILES string of the molecule is COc1cc(OCC(=O)OC(C)C(=O)Nc2cc(C)no2)ccc1[N+](=O)[O-]. The zero-order chi connectivity index (χ0) is 20.0. The van der Waals surface area contributed by atoms with Gasteiger partial charge in [-0.25, -0.2) is 4.79 Å². The molecule has 1 atom stereocenters. The predicted octanol–water partition coefficient (Wildman–Crippen LogP) is 1.85. The molecule has 0 aliphatic carbocycles. The Labute approximate surface area is 153 Å². The van der Waals surface area contributed by atoms with Crippen molar-refractivity contribution >= 4 is 23.4 Å². The largest absolute Gasteiger partial charge is 0.490 e. The van der Waals surface area contributed by atoms with Crippen molar-refractivity contribution in [2.45, 2.75) is 20.0 Å². The first-order valence-corrected chi connectivity index (χ1v) is 7.69. The number of carbonyl (C=O) groups is 2. The van der Waals surface area contributed by atoms with E-state index in [1.165, 1.54) is 38.3 Å². The number of rotatable bonds is 8. The lowest BCUT2D eigenvalue weighted by Gasteiger charge is -2.13. The molecule has 1 unspecified atom stereocenters. The third-order valence-corrected chi connectivity index (χ3v) is 3.26. The van der Waals surface area contributed by atoms with Gasteiger partial charge in [0.05, 0.1) is 17.7 Å². The molecule has 0 spiro atoms. The number of methoxy groups -OCH3 is 1. The summed E-state index contributed by atoms with van der Waals surface area (Å²) in [5.74, 6) is -1.11. The van der Waals surface area contributed by atoms with Crippen molar-refractivity contribution < 1.29 is 33.2 Å². The molecule has 0 radical (unpaired) electrons. The number of anilines is 1. The summed E-state index contributed by atoms with van der Waals surface area (Å²) < 4.78 is 19.9. The Kier molecular flexibility index (Phi) is 6.31. The molecule has 2 aromatic rings. The Hall–Kier alpha value is -3.63. The number of nitro groups is 1. The number of nitrogens with zero attached hydrogens (tertiary/aromatic N) is 2. The smallest absolute Gasteiger partial charge is 0.344 e. The molecule has 1 heterocycles. The molecule has 1 aromatic carbocycles. The van der Waals surface area contributed by atoms with Crippen molar-refractivity contribution in [3.05, 3.63) is 40.1 Å². The summed E-state index contributed by atoms with van der Waals surface area (Å²) in [7, 11) is 1.27. The first-order chi connectivity index (χ1) is 12.8. The highest BCUT2D eigenvalue weighted by atomic mass is 16.6. The zero-order valence-corrected chi connectivity index (χ0v) is 14.8. The average molecular weight is 379 g/mol. The van der Waals surface area contributed by atoms with Crippen LogP contribution in [0.4, 0.5) is 11.6 Å². The van der Waals surface area contributed by atoms with Gasteiger partial charge in [-0.05, 0) is 19.9 Å². The number of carbonyl (C=O) groups excluding carboxylic acids is 2. The van der Waals surface area contributed by atoms with Crippen LogP contribution in [0.25, 0.3) is 0 Å². The molecule has 2 rings (SSSR count). The molecule has 1 aromatic heterocycles. The lowest BCUT2D eigenvalue weighted by Crippen LogP contribution is -2.31. The fourth-order valence-corrected chi connectivity index (χ4v) is 1.97. The number of aryl methyl sites for hydroxylation is 1. The second kappa shape index (κ2) is 8.65. The quantitative estimate of drug-likeness (QED) is 0.413. The van der Waals surface area contributed by atoms with Crippen LogP contribution < -0.4 is 14.8 Å². The minimum absolute atomic E-state index is 0.0130. The van der Waals surface area contributed by atoms with E-state index < -0.39 is 29.5 Å². The standard InChI is InChI=1S/C16H17N3O8/c1-9-6-14(27-18-9)17-16(21)10(2)26-15(20)8-25-11-4-5-12(19(22)23)13(7-11)24-3/h4-7,10H,8H2,1-3H3,(H,17,21). The van der Waals surface area contributed by atoms with E-state index >= 15 is 0 Å². The van der Waals surface area contributed by atoms with Crippen molar-refractivity contribution in [1.82, 2.24) is 5.16 Å². The highest BCUT2D eigenvalue weighted by Gasteiger charge is 2.20. The van der Waals surface area contributed by atoms with Crippen LogP contribution in [-0.2, 0) is 14.3 Å². The van der Waals surface area contributed by atoms with Gasteiger partial charge in [0.15, 0.2) is 12.7 Å². The zero-order valence-electron chi connectivity index (χ0n) is 14.8. The highest BCUT2D eigenvalue weighted by Crippen LogP contribution is 2.30. The molecule has 1 amide bonds. The Bertz CT molecular complexity index is 848. The number of nitro benzene ring substituents is 1. The van der Waals surface area contributed by atoms with Gasteiger partial charge in [0.2, 0.25) is 11.6 Å². The number of amides is 1. The third kappa shape index (κ3) is 5.42. The lowest BCUT2D eigenvalue weighted by molar-refractivity contribution is -0.385. The van der Waals surface area contributed by atoms with Crippen LogP contribution in [0, 0.1) is 17.0 Å². The van der Waals surface area contributed by atoms with Gasteiger partial charge in [0.25, 0.3) is 5.91 Å². The molecule has 11 heteroatoms. The van der Waals surface area contributed by atoms with E-state index in [1.54, 1.807) is 6.92 Å². The molecule has 0 aliphatic rings. The van der Waals surface area contributed by atoms with Gasteiger partial charge >= 0.3 is 11.7 Å². The highest BCUT2D eigenvalue weighted by molar-refractivity contribution is 5.94. The first kappa shape index (κ1) is 19.7. The normalized spacial score (nSPS) is 11.4. The number of aromatic nitrogens is 1. The van der Waals surface area contributed by atoms with Crippen LogP contribution in [0.1, 0.15) is 12.6 Å². The van der Waals surface area contributed by atoms with E-state index in [-0.39, 0.29) is 23.1 Å². The molecular formula is C16H17N3O8. The Balaban J connectivity index is 1.86. The van der Waals surface area contributed by atoms with Crippen LogP contribution in [0.5, 0.6) is 11.5 Å². The van der Waals surface area contributed by atoms with Gasteiger partial charge in [0, 0.05) is 18.2 Å².